The van der Waals surface area contributed by atoms with Gasteiger partial charge in [-0.05, 0) is 32.7 Å². The Labute approximate surface area is 109 Å². The monoisotopic (exact) mass is 250 g/mol. The fourth-order valence-corrected chi connectivity index (χ4v) is 2.77. The summed E-state index contributed by atoms with van der Waals surface area (Å²) < 4.78 is 0. The van der Waals surface area contributed by atoms with Crippen LogP contribution in [0.2, 0.25) is 0 Å². The highest BCUT2D eigenvalue weighted by Crippen LogP contribution is 2.21. The van der Waals surface area contributed by atoms with Gasteiger partial charge in [-0.2, -0.15) is 5.26 Å². The van der Waals surface area contributed by atoms with Gasteiger partial charge in [-0.3, -0.25) is 0 Å². The van der Waals surface area contributed by atoms with E-state index >= 15 is 0 Å². The highest BCUT2D eigenvalue weighted by molar-refractivity contribution is 5.75. The van der Waals surface area contributed by atoms with E-state index in [1.807, 2.05) is 7.05 Å². The molecule has 0 aromatic rings. The zero-order chi connectivity index (χ0) is 13.0. The summed E-state index contributed by atoms with van der Waals surface area (Å²) in [7, 11) is 2.04. The minimum absolute atomic E-state index is 0.173. The van der Waals surface area contributed by atoms with E-state index in [-0.39, 0.29) is 6.03 Å². The second-order valence-electron chi connectivity index (χ2n) is 5.58. The molecule has 1 aliphatic heterocycles. The molecule has 0 radical (unpaired) electrons. The van der Waals surface area contributed by atoms with E-state index in [0.29, 0.717) is 18.9 Å². The smallest absolute Gasteiger partial charge is 0.316 e. The highest BCUT2D eigenvalue weighted by atomic mass is 16.2. The van der Waals surface area contributed by atoms with E-state index in [1.54, 1.807) is 0 Å². The summed E-state index contributed by atoms with van der Waals surface area (Å²) in [6, 6.07) is 2.42. The first-order valence-corrected chi connectivity index (χ1v) is 6.82. The van der Waals surface area contributed by atoms with Gasteiger partial charge in [0.1, 0.15) is 5.54 Å². The van der Waals surface area contributed by atoms with Gasteiger partial charge in [0.25, 0.3) is 0 Å². The molecule has 0 aromatic heterocycles. The summed E-state index contributed by atoms with van der Waals surface area (Å²) in [5, 5.41) is 15.2. The second kappa shape index (κ2) is 5.57. The number of carbonyl (C=O) groups excluding carboxylic acids is 1. The third-order valence-electron chi connectivity index (χ3n) is 4.10. The summed E-state index contributed by atoms with van der Waals surface area (Å²) in [6.45, 7) is 1.72. The van der Waals surface area contributed by atoms with E-state index in [4.69, 9.17) is 0 Å². The molecule has 18 heavy (non-hydrogen) atoms. The van der Waals surface area contributed by atoms with Gasteiger partial charge >= 0.3 is 6.03 Å². The summed E-state index contributed by atoms with van der Waals surface area (Å²) in [5.41, 5.74) is -0.671. The van der Waals surface area contributed by atoms with Crippen molar-refractivity contribution in [3.63, 3.8) is 0 Å². The Morgan fingerprint density at radius 2 is 1.94 bits per heavy atom. The molecule has 0 unspecified atom stereocenters. The van der Waals surface area contributed by atoms with Crippen LogP contribution in [0.4, 0.5) is 4.79 Å². The van der Waals surface area contributed by atoms with Crippen LogP contribution in [-0.2, 0) is 0 Å². The fraction of sp³-hybridized carbons (Fsp3) is 0.846. The zero-order valence-corrected chi connectivity index (χ0v) is 11.0. The van der Waals surface area contributed by atoms with Crippen LogP contribution in [0.25, 0.3) is 0 Å². The molecular weight excluding hydrogens is 228 g/mol. The zero-order valence-electron chi connectivity index (χ0n) is 11.0. The Hall–Kier alpha value is -1.28. The molecule has 0 aromatic carbocycles. The Kier molecular flexibility index (Phi) is 4.07. The van der Waals surface area contributed by atoms with Crippen LogP contribution in [0.5, 0.6) is 0 Å². The molecular formula is C13H22N4O. The normalized spacial score (nSPS) is 24.4. The van der Waals surface area contributed by atoms with E-state index < -0.39 is 5.54 Å². The summed E-state index contributed by atoms with van der Waals surface area (Å²) in [5.74, 6) is 0. The average Bonchev–Trinajstić information content (AvgIpc) is 2.85. The summed E-state index contributed by atoms with van der Waals surface area (Å²) in [6.07, 6.45) is 5.93. The van der Waals surface area contributed by atoms with Crippen molar-refractivity contribution < 1.29 is 4.79 Å². The van der Waals surface area contributed by atoms with Crippen LogP contribution in [0, 0.1) is 11.3 Å². The molecule has 100 valence electrons. The molecule has 5 heteroatoms. The lowest BCUT2D eigenvalue weighted by atomic mass is 9.89. The van der Waals surface area contributed by atoms with Crippen LogP contribution in [0.1, 0.15) is 38.5 Å². The van der Waals surface area contributed by atoms with Gasteiger partial charge in [0.2, 0.25) is 0 Å². The molecule has 0 atom stereocenters. The second-order valence-corrected chi connectivity index (χ2v) is 5.58. The van der Waals surface area contributed by atoms with Crippen LogP contribution >= 0.6 is 0 Å². The molecule has 2 aliphatic rings. The number of rotatable bonds is 2. The Morgan fingerprint density at radius 3 is 2.50 bits per heavy atom. The number of carbonyl (C=O) groups is 1. The third-order valence-corrected chi connectivity index (χ3v) is 4.10. The first-order valence-electron chi connectivity index (χ1n) is 6.82. The number of piperidine rings is 1. The lowest BCUT2D eigenvalue weighted by Crippen LogP contribution is -2.57. The number of hydrogen-bond donors (Lipinski definition) is 2. The largest absolute Gasteiger partial charge is 0.335 e. The number of nitrogens with zero attached hydrogens (tertiary/aromatic N) is 2. The lowest BCUT2D eigenvalue weighted by Gasteiger charge is -2.36. The molecule has 5 nitrogen and oxygen atoms in total. The maximum atomic E-state index is 11.9. The van der Waals surface area contributed by atoms with Crippen molar-refractivity contribution in [2.24, 2.45) is 0 Å². The average molecular weight is 250 g/mol. The quantitative estimate of drug-likeness (QED) is 0.774. The molecule has 1 aliphatic carbocycles. The molecule has 1 saturated heterocycles. The lowest BCUT2D eigenvalue weighted by molar-refractivity contribution is 0.186. The maximum Gasteiger partial charge on any atom is 0.316 e. The van der Waals surface area contributed by atoms with E-state index in [1.165, 1.54) is 12.8 Å². The fourth-order valence-electron chi connectivity index (χ4n) is 2.77. The van der Waals surface area contributed by atoms with Gasteiger partial charge in [0.05, 0.1) is 6.07 Å². The molecule has 0 spiro atoms. The van der Waals surface area contributed by atoms with Crippen LogP contribution in [0.3, 0.4) is 0 Å². The molecule has 2 amide bonds. The van der Waals surface area contributed by atoms with Crippen molar-refractivity contribution in [3.8, 4) is 6.07 Å². The van der Waals surface area contributed by atoms with Crippen molar-refractivity contribution in [2.45, 2.75) is 50.1 Å². The Balaban J connectivity index is 1.85. The van der Waals surface area contributed by atoms with Gasteiger partial charge in [0, 0.05) is 19.1 Å². The molecule has 2 fully saturated rings. The van der Waals surface area contributed by atoms with Gasteiger partial charge in [-0.1, -0.05) is 12.8 Å². The predicted octanol–water partition coefficient (Wildman–Crippen LogP) is 1.22. The number of hydrogen-bond acceptors (Lipinski definition) is 3. The van der Waals surface area contributed by atoms with Gasteiger partial charge in [-0.15, -0.1) is 0 Å². The number of nitrogens with one attached hydrogen (secondary N) is 2. The molecule has 2 N–H and O–H groups in total. The van der Waals surface area contributed by atoms with Crippen LogP contribution < -0.4 is 10.6 Å². The first kappa shape index (κ1) is 13.2. The molecule has 1 heterocycles. The van der Waals surface area contributed by atoms with Gasteiger partial charge in [0.15, 0.2) is 0 Å². The standard InChI is InChI=1S/C13H22N4O/c1-17-8-6-13(10-14,7-9-17)16-12(18)15-11-4-2-3-5-11/h11H,2-9H2,1H3,(H2,15,16,18). The molecule has 0 bridgehead atoms. The number of likely N-dealkylation sites (tertiary alicyclic amines) is 1. The van der Waals surface area contributed by atoms with E-state index in [2.05, 4.69) is 21.6 Å². The minimum Gasteiger partial charge on any atom is -0.335 e. The molecule has 2 rings (SSSR count). The predicted molar refractivity (Wildman–Crippen MR) is 69.0 cm³/mol. The van der Waals surface area contributed by atoms with Gasteiger partial charge < -0.3 is 15.5 Å². The number of nitriles is 1. The van der Waals surface area contributed by atoms with Crippen LogP contribution in [0.15, 0.2) is 0 Å². The van der Waals surface area contributed by atoms with Crippen molar-refractivity contribution in [3.05, 3.63) is 0 Å². The van der Waals surface area contributed by atoms with E-state index in [9.17, 15) is 10.1 Å². The topological polar surface area (TPSA) is 68.2 Å². The molecule has 1 saturated carbocycles. The Morgan fingerprint density at radius 1 is 1.33 bits per heavy atom. The van der Waals surface area contributed by atoms with Gasteiger partial charge in [-0.25, -0.2) is 4.79 Å². The summed E-state index contributed by atoms with van der Waals surface area (Å²) >= 11 is 0. The SMILES string of the molecule is CN1CCC(C#N)(NC(=O)NC2CCCC2)CC1. The highest BCUT2D eigenvalue weighted by Gasteiger charge is 2.35. The van der Waals surface area contributed by atoms with Crippen LogP contribution in [-0.4, -0.2) is 42.6 Å². The third kappa shape index (κ3) is 3.14. The van der Waals surface area contributed by atoms with Crippen molar-refractivity contribution >= 4 is 6.03 Å². The van der Waals surface area contributed by atoms with Crippen molar-refractivity contribution in [1.82, 2.24) is 15.5 Å². The Bertz CT molecular complexity index is 335. The number of amides is 2. The number of urea groups is 1. The van der Waals surface area contributed by atoms with E-state index in [0.717, 1.165) is 25.9 Å². The van der Waals surface area contributed by atoms with Crippen molar-refractivity contribution in [1.29, 1.82) is 5.26 Å². The first-order chi connectivity index (χ1) is 8.63. The maximum absolute atomic E-state index is 11.9. The summed E-state index contributed by atoms with van der Waals surface area (Å²) in [4.78, 5) is 14.1. The van der Waals surface area contributed by atoms with Crippen molar-refractivity contribution in [2.75, 3.05) is 20.1 Å². The minimum atomic E-state index is -0.671.